The van der Waals surface area contributed by atoms with Gasteiger partial charge in [-0.3, -0.25) is 4.98 Å². The molecule has 0 bridgehead atoms. The summed E-state index contributed by atoms with van der Waals surface area (Å²) < 4.78 is 5.82. The number of carboxylic acids is 1. The first-order valence-corrected chi connectivity index (χ1v) is 8.52. The monoisotopic (exact) mass is 342 g/mol. The number of hydrogen-bond acceptors (Lipinski definition) is 4. The zero-order chi connectivity index (χ0) is 18.6. The Bertz CT molecular complexity index is 785. The number of aromatic nitrogens is 1. The fourth-order valence-electron chi connectivity index (χ4n) is 3.08. The Morgan fingerprint density at radius 3 is 2.52 bits per heavy atom. The van der Waals surface area contributed by atoms with E-state index in [1.165, 1.54) is 5.56 Å². The van der Waals surface area contributed by atoms with Gasteiger partial charge in [0.05, 0.1) is 11.4 Å². The van der Waals surface area contributed by atoms with Gasteiger partial charge in [0.2, 0.25) is 0 Å². The molecule has 0 atom stereocenters. The number of nitrogens with one attached hydrogen (secondary N) is 1. The van der Waals surface area contributed by atoms with Gasteiger partial charge < -0.3 is 15.2 Å². The van der Waals surface area contributed by atoms with Crippen LogP contribution in [-0.2, 0) is 6.42 Å². The van der Waals surface area contributed by atoms with Gasteiger partial charge in [-0.2, -0.15) is 0 Å². The van der Waals surface area contributed by atoms with Gasteiger partial charge >= 0.3 is 5.97 Å². The van der Waals surface area contributed by atoms with Crippen LogP contribution in [0.4, 0.5) is 5.69 Å². The van der Waals surface area contributed by atoms with Crippen LogP contribution in [0.2, 0.25) is 0 Å². The van der Waals surface area contributed by atoms with Crippen LogP contribution in [0.3, 0.4) is 0 Å². The van der Waals surface area contributed by atoms with Crippen LogP contribution >= 0.6 is 0 Å². The zero-order valence-corrected chi connectivity index (χ0v) is 15.6. The number of carbonyl (C=O) groups is 1. The van der Waals surface area contributed by atoms with Crippen molar-refractivity contribution in [2.24, 2.45) is 0 Å². The maximum atomic E-state index is 11.6. The highest BCUT2D eigenvalue weighted by Gasteiger charge is 2.19. The molecule has 0 radical (unpaired) electrons. The summed E-state index contributed by atoms with van der Waals surface area (Å²) in [6, 6.07) is 6.06. The Hall–Kier alpha value is -2.56. The molecule has 2 N–H and O–H groups in total. The first-order valence-electron chi connectivity index (χ1n) is 8.52. The second kappa shape index (κ2) is 8.01. The van der Waals surface area contributed by atoms with E-state index in [0.29, 0.717) is 24.5 Å². The molecule has 2 rings (SSSR count). The predicted octanol–water partition coefficient (Wildman–Crippen LogP) is 4.07. The number of hydrogen-bond donors (Lipinski definition) is 2. The Balaban J connectivity index is 2.13. The summed E-state index contributed by atoms with van der Waals surface area (Å²) in [5.74, 6) is -0.110. The topological polar surface area (TPSA) is 71.5 Å². The van der Waals surface area contributed by atoms with Crippen molar-refractivity contribution >= 4 is 11.7 Å². The lowest BCUT2D eigenvalue weighted by Gasteiger charge is -2.18. The Kier molecular flexibility index (Phi) is 6.02. The molecule has 1 heterocycles. The zero-order valence-electron chi connectivity index (χ0n) is 15.6. The molecule has 0 aliphatic heterocycles. The molecule has 134 valence electrons. The Morgan fingerprint density at radius 1 is 1.20 bits per heavy atom. The summed E-state index contributed by atoms with van der Waals surface area (Å²) in [6.45, 7) is 10.7. The Labute approximate surface area is 149 Å². The lowest BCUT2D eigenvalue weighted by Crippen LogP contribution is -2.18. The lowest BCUT2D eigenvalue weighted by atomic mass is 10.0. The third kappa shape index (κ3) is 4.29. The molecule has 2 aromatic rings. The number of nitrogens with zero attached hydrogens (tertiary/aromatic N) is 1. The molecule has 0 unspecified atom stereocenters. The van der Waals surface area contributed by atoms with Crippen LogP contribution in [0.15, 0.2) is 18.2 Å². The number of aromatic carboxylic acids is 1. The molecule has 5 heteroatoms. The van der Waals surface area contributed by atoms with Crippen LogP contribution in [0.5, 0.6) is 5.75 Å². The number of carboxylic acid groups (broad SMARTS) is 1. The average molecular weight is 342 g/mol. The van der Waals surface area contributed by atoms with E-state index in [4.69, 9.17) is 4.74 Å². The summed E-state index contributed by atoms with van der Waals surface area (Å²) in [5, 5.41) is 12.8. The summed E-state index contributed by atoms with van der Waals surface area (Å²) in [4.78, 5) is 16.0. The maximum Gasteiger partial charge on any atom is 0.339 e. The molecule has 25 heavy (non-hydrogen) atoms. The van der Waals surface area contributed by atoms with E-state index in [1.54, 1.807) is 6.92 Å². The van der Waals surface area contributed by atoms with Crippen LogP contribution in [0, 0.1) is 27.7 Å². The molecule has 0 aliphatic carbocycles. The van der Waals surface area contributed by atoms with E-state index >= 15 is 0 Å². The van der Waals surface area contributed by atoms with Crippen LogP contribution < -0.4 is 10.1 Å². The number of ether oxygens (including phenoxy) is 1. The molecule has 5 nitrogen and oxygen atoms in total. The van der Waals surface area contributed by atoms with Gasteiger partial charge in [-0.15, -0.1) is 0 Å². The van der Waals surface area contributed by atoms with Crippen molar-refractivity contribution in [2.45, 2.75) is 41.0 Å². The van der Waals surface area contributed by atoms with Crippen molar-refractivity contribution in [3.63, 3.8) is 0 Å². The van der Waals surface area contributed by atoms with E-state index in [-0.39, 0.29) is 5.56 Å². The van der Waals surface area contributed by atoms with Crippen molar-refractivity contribution in [1.82, 2.24) is 4.98 Å². The van der Waals surface area contributed by atoms with E-state index in [9.17, 15) is 9.90 Å². The number of anilines is 1. The van der Waals surface area contributed by atoms with Crippen molar-refractivity contribution < 1.29 is 14.6 Å². The highest BCUT2D eigenvalue weighted by atomic mass is 16.5. The summed E-state index contributed by atoms with van der Waals surface area (Å²) >= 11 is 0. The third-order valence-corrected chi connectivity index (χ3v) is 4.24. The number of benzene rings is 1. The molecular formula is C20H26N2O3. The Morgan fingerprint density at radius 2 is 1.92 bits per heavy atom. The van der Waals surface area contributed by atoms with Crippen molar-refractivity contribution in [1.29, 1.82) is 0 Å². The van der Waals surface area contributed by atoms with E-state index < -0.39 is 5.97 Å². The predicted molar refractivity (Wildman–Crippen MR) is 99.9 cm³/mol. The molecule has 0 amide bonds. The summed E-state index contributed by atoms with van der Waals surface area (Å²) in [7, 11) is 0. The second-order valence-corrected chi connectivity index (χ2v) is 6.21. The lowest BCUT2D eigenvalue weighted by molar-refractivity contribution is 0.0696. The van der Waals surface area contributed by atoms with Gasteiger partial charge in [0, 0.05) is 12.2 Å². The van der Waals surface area contributed by atoms with Crippen LogP contribution in [0.1, 0.15) is 45.4 Å². The van der Waals surface area contributed by atoms with Gasteiger partial charge in [0.25, 0.3) is 0 Å². The SMILES string of the molecule is CCc1c(C)nc(C)c(C(=O)O)c1NCCOc1ccc(C)cc1C. The van der Waals surface area contributed by atoms with Gasteiger partial charge in [0.15, 0.2) is 0 Å². The first-order chi connectivity index (χ1) is 11.8. The van der Waals surface area contributed by atoms with E-state index in [2.05, 4.69) is 16.4 Å². The smallest absolute Gasteiger partial charge is 0.339 e. The number of pyridine rings is 1. The van der Waals surface area contributed by atoms with Crippen molar-refractivity contribution in [2.75, 3.05) is 18.5 Å². The second-order valence-electron chi connectivity index (χ2n) is 6.21. The highest BCUT2D eigenvalue weighted by Crippen LogP contribution is 2.26. The quantitative estimate of drug-likeness (QED) is 0.742. The highest BCUT2D eigenvalue weighted by molar-refractivity contribution is 5.96. The maximum absolute atomic E-state index is 11.6. The summed E-state index contributed by atoms with van der Waals surface area (Å²) in [5.41, 5.74) is 5.52. The van der Waals surface area contributed by atoms with Gasteiger partial charge in [0.1, 0.15) is 17.9 Å². The standard InChI is InChI=1S/C20H26N2O3/c1-6-16-14(4)22-15(5)18(20(23)24)19(16)21-9-10-25-17-8-7-12(2)11-13(17)3/h7-8,11H,6,9-10H2,1-5H3,(H,21,22)(H,23,24). The van der Waals surface area contributed by atoms with Gasteiger partial charge in [-0.25, -0.2) is 4.79 Å². The minimum absolute atomic E-state index is 0.244. The average Bonchev–Trinajstić information content (AvgIpc) is 2.52. The molecule has 0 saturated heterocycles. The number of aryl methyl sites for hydroxylation is 4. The molecule has 0 spiro atoms. The van der Waals surface area contributed by atoms with E-state index in [0.717, 1.165) is 29.0 Å². The minimum atomic E-state index is -0.961. The van der Waals surface area contributed by atoms with Crippen molar-refractivity contribution in [3.05, 3.63) is 51.8 Å². The molecular weight excluding hydrogens is 316 g/mol. The van der Waals surface area contributed by atoms with Crippen LogP contribution in [0.25, 0.3) is 0 Å². The van der Waals surface area contributed by atoms with Crippen molar-refractivity contribution in [3.8, 4) is 5.75 Å². The molecule has 0 fully saturated rings. The third-order valence-electron chi connectivity index (χ3n) is 4.24. The van der Waals surface area contributed by atoms with E-state index in [1.807, 2.05) is 39.8 Å². The molecule has 0 aliphatic rings. The fraction of sp³-hybridized carbons (Fsp3) is 0.400. The largest absolute Gasteiger partial charge is 0.491 e. The van der Waals surface area contributed by atoms with Crippen LogP contribution in [-0.4, -0.2) is 29.2 Å². The fourth-order valence-corrected chi connectivity index (χ4v) is 3.08. The normalized spacial score (nSPS) is 10.6. The van der Waals surface area contributed by atoms with Gasteiger partial charge in [-0.1, -0.05) is 24.6 Å². The minimum Gasteiger partial charge on any atom is -0.491 e. The van der Waals surface area contributed by atoms with Gasteiger partial charge in [-0.05, 0) is 51.3 Å². The first kappa shape index (κ1) is 18.8. The molecule has 1 aromatic heterocycles. The molecule has 0 saturated carbocycles. The molecule has 1 aromatic carbocycles. The summed E-state index contributed by atoms with van der Waals surface area (Å²) in [6.07, 6.45) is 0.722. The number of rotatable bonds is 7.